The highest BCUT2D eigenvalue weighted by molar-refractivity contribution is 6.08. The minimum atomic E-state index is -1.01. The molecule has 1 aromatic rings. The number of nitrogens with zero attached hydrogens (tertiary/aromatic N) is 3. The number of piperazine rings is 1. The summed E-state index contributed by atoms with van der Waals surface area (Å²) in [6, 6.07) is 9.52. The van der Waals surface area contributed by atoms with Gasteiger partial charge < -0.3 is 15.0 Å². The molecule has 2 aliphatic rings. The van der Waals surface area contributed by atoms with E-state index in [9.17, 15) is 19.2 Å². The highest BCUT2D eigenvalue weighted by Gasteiger charge is 2.47. The molecule has 162 valence electrons. The molecule has 0 aliphatic carbocycles. The number of hydrogen-bond acceptors (Lipinski definition) is 6. The zero-order valence-electron chi connectivity index (χ0n) is 17.4. The predicted octanol–water partition coefficient (Wildman–Crippen LogP) is 0.595. The maximum absolute atomic E-state index is 12.4. The summed E-state index contributed by atoms with van der Waals surface area (Å²) in [5.41, 5.74) is 0.220. The first-order chi connectivity index (χ1) is 14.3. The van der Waals surface area contributed by atoms with Crippen LogP contribution in [0.15, 0.2) is 30.3 Å². The number of nitrogens with one attached hydrogen (secondary N) is 1. The normalized spacial score (nSPS) is 22.2. The van der Waals surface area contributed by atoms with Crippen molar-refractivity contribution < 1.29 is 23.9 Å². The van der Waals surface area contributed by atoms with Crippen LogP contribution in [0, 0.1) is 0 Å². The highest BCUT2D eigenvalue weighted by atomic mass is 16.5. The molecule has 9 heteroatoms. The molecule has 1 N–H and O–H groups in total. The SMILES string of the molecule is CCC1(C)NC(=O)N(CC(=O)OCC(=O)N2CCN(Cc3ccccc3)CC2)C1=O. The van der Waals surface area contributed by atoms with Gasteiger partial charge in [0.1, 0.15) is 12.1 Å². The van der Waals surface area contributed by atoms with Gasteiger partial charge in [0.25, 0.3) is 11.8 Å². The maximum Gasteiger partial charge on any atom is 0.326 e. The van der Waals surface area contributed by atoms with Crippen LogP contribution in [0.2, 0.25) is 0 Å². The van der Waals surface area contributed by atoms with Crippen molar-refractivity contribution in [3.8, 4) is 0 Å². The van der Waals surface area contributed by atoms with Crippen LogP contribution in [0.25, 0.3) is 0 Å². The van der Waals surface area contributed by atoms with Crippen LogP contribution in [0.1, 0.15) is 25.8 Å². The van der Waals surface area contributed by atoms with Crippen molar-refractivity contribution in [1.29, 1.82) is 0 Å². The Balaban J connectivity index is 1.40. The Kier molecular flexibility index (Phi) is 6.71. The summed E-state index contributed by atoms with van der Waals surface area (Å²) in [5, 5.41) is 2.57. The molecule has 30 heavy (non-hydrogen) atoms. The molecule has 1 aromatic carbocycles. The third-order valence-electron chi connectivity index (χ3n) is 5.67. The third-order valence-corrected chi connectivity index (χ3v) is 5.67. The van der Waals surface area contributed by atoms with E-state index in [-0.39, 0.29) is 5.91 Å². The Morgan fingerprint density at radius 3 is 2.37 bits per heavy atom. The number of esters is 1. The van der Waals surface area contributed by atoms with Crippen molar-refractivity contribution in [2.75, 3.05) is 39.3 Å². The van der Waals surface area contributed by atoms with E-state index in [1.54, 1.807) is 18.7 Å². The van der Waals surface area contributed by atoms with Crippen LogP contribution in [-0.2, 0) is 25.7 Å². The number of rotatable bonds is 7. The summed E-state index contributed by atoms with van der Waals surface area (Å²) in [6.07, 6.45) is 0.415. The molecule has 2 heterocycles. The summed E-state index contributed by atoms with van der Waals surface area (Å²) in [7, 11) is 0. The van der Waals surface area contributed by atoms with Crippen LogP contribution in [0.4, 0.5) is 4.79 Å². The minimum absolute atomic E-state index is 0.279. The first-order valence-corrected chi connectivity index (χ1v) is 10.2. The number of amides is 4. The molecule has 0 radical (unpaired) electrons. The largest absolute Gasteiger partial charge is 0.454 e. The van der Waals surface area contributed by atoms with Crippen LogP contribution in [-0.4, -0.2) is 83.4 Å². The van der Waals surface area contributed by atoms with Crippen molar-refractivity contribution >= 4 is 23.8 Å². The average molecular weight is 416 g/mol. The lowest BCUT2D eigenvalue weighted by molar-refractivity contribution is -0.154. The number of carbonyl (C=O) groups is 4. The van der Waals surface area contributed by atoms with Gasteiger partial charge in [-0.2, -0.15) is 0 Å². The molecular formula is C21H28N4O5. The summed E-state index contributed by atoms with van der Waals surface area (Å²) in [4.78, 5) is 53.4. The molecule has 2 aliphatic heterocycles. The number of imide groups is 1. The number of ether oxygens (including phenoxy) is 1. The standard InChI is InChI=1S/C21H28N4O5/c1-3-21(2)19(28)25(20(29)22-21)14-18(27)30-15-17(26)24-11-9-23(10-12-24)13-16-7-5-4-6-8-16/h4-8H,3,9-15H2,1-2H3,(H,22,29). The topological polar surface area (TPSA) is 99.3 Å². The van der Waals surface area contributed by atoms with Crippen molar-refractivity contribution in [3.05, 3.63) is 35.9 Å². The van der Waals surface area contributed by atoms with Gasteiger partial charge in [-0.15, -0.1) is 0 Å². The van der Waals surface area contributed by atoms with E-state index in [4.69, 9.17) is 4.74 Å². The maximum atomic E-state index is 12.4. The Hall–Kier alpha value is -2.94. The van der Waals surface area contributed by atoms with E-state index in [0.29, 0.717) is 19.5 Å². The van der Waals surface area contributed by atoms with Crippen molar-refractivity contribution in [3.63, 3.8) is 0 Å². The smallest absolute Gasteiger partial charge is 0.326 e. The summed E-state index contributed by atoms with van der Waals surface area (Å²) >= 11 is 0. The molecule has 1 unspecified atom stereocenters. The van der Waals surface area contributed by atoms with Gasteiger partial charge in [0, 0.05) is 32.7 Å². The quantitative estimate of drug-likeness (QED) is 0.516. The Morgan fingerprint density at radius 1 is 1.10 bits per heavy atom. The van der Waals surface area contributed by atoms with E-state index >= 15 is 0 Å². The van der Waals surface area contributed by atoms with Crippen LogP contribution in [0.5, 0.6) is 0 Å². The first-order valence-electron chi connectivity index (χ1n) is 10.2. The zero-order chi connectivity index (χ0) is 21.7. The molecule has 0 aromatic heterocycles. The van der Waals surface area contributed by atoms with Gasteiger partial charge in [-0.25, -0.2) is 4.79 Å². The van der Waals surface area contributed by atoms with Crippen LogP contribution < -0.4 is 5.32 Å². The predicted molar refractivity (Wildman–Crippen MR) is 108 cm³/mol. The summed E-state index contributed by atoms with van der Waals surface area (Å²) in [6.45, 7) is 5.93. The lowest BCUT2D eigenvalue weighted by Gasteiger charge is -2.34. The lowest BCUT2D eigenvalue weighted by atomic mass is 9.99. The van der Waals surface area contributed by atoms with Crippen molar-refractivity contribution in [2.24, 2.45) is 0 Å². The fourth-order valence-electron chi connectivity index (χ4n) is 3.54. The fourth-order valence-corrected chi connectivity index (χ4v) is 3.54. The molecule has 3 rings (SSSR count). The molecular weight excluding hydrogens is 388 g/mol. The average Bonchev–Trinajstić information content (AvgIpc) is 2.97. The van der Waals surface area contributed by atoms with Gasteiger partial charge in [-0.05, 0) is 18.9 Å². The number of urea groups is 1. The summed E-state index contributed by atoms with van der Waals surface area (Å²) in [5.74, 6) is -1.53. The molecule has 0 spiro atoms. The zero-order valence-corrected chi connectivity index (χ0v) is 17.4. The van der Waals surface area contributed by atoms with Crippen LogP contribution in [0.3, 0.4) is 0 Å². The van der Waals surface area contributed by atoms with E-state index < -0.39 is 36.6 Å². The van der Waals surface area contributed by atoms with Crippen LogP contribution >= 0.6 is 0 Å². The number of hydrogen-bond donors (Lipinski definition) is 1. The molecule has 0 saturated carbocycles. The fraction of sp³-hybridized carbons (Fsp3) is 0.524. The summed E-state index contributed by atoms with van der Waals surface area (Å²) < 4.78 is 5.02. The second kappa shape index (κ2) is 9.25. The lowest BCUT2D eigenvalue weighted by Crippen LogP contribution is -2.49. The van der Waals surface area contributed by atoms with E-state index in [1.165, 1.54) is 5.56 Å². The second-order valence-corrected chi connectivity index (χ2v) is 7.81. The van der Waals surface area contributed by atoms with Gasteiger partial charge in [0.05, 0.1) is 0 Å². The highest BCUT2D eigenvalue weighted by Crippen LogP contribution is 2.20. The van der Waals surface area contributed by atoms with Gasteiger partial charge in [-0.1, -0.05) is 37.3 Å². The molecule has 4 amide bonds. The van der Waals surface area contributed by atoms with E-state index in [1.807, 2.05) is 18.2 Å². The Labute approximate surface area is 175 Å². The molecule has 2 fully saturated rings. The first kappa shape index (κ1) is 21.8. The van der Waals surface area contributed by atoms with Gasteiger partial charge in [0.15, 0.2) is 6.61 Å². The molecule has 2 saturated heterocycles. The van der Waals surface area contributed by atoms with E-state index in [0.717, 1.165) is 24.5 Å². The third kappa shape index (κ3) is 4.96. The monoisotopic (exact) mass is 416 g/mol. The molecule has 0 bridgehead atoms. The molecule has 1 atom stereocenters. The van der Waals surface area contributed by atoms with Crippen molar-refractivity contribution in [1.82, 2.24) is 20.0 Å². The number of benzene rings is 1. The minimum Gasteiger partial charge on any atom is -0.454 e. The second-order valence-electron chi connectivity index (χ2n) is 7.81. The van der Waals surface area contributed by atoms with Gasteiger partial charge in [0.2, 0.25) is 0 Å². The Morgan fingerprint density at radius 2 is 1.77 bits per heavy atom. The number of carbonyl (C=O) groups excluding carboxylic acids is 4. The molecule has 9 nitrogen and oxygen atoms in total. The van der Waals surface area contributed by atoms with Crippen molar-refractivity contribution in [2.45, 2.75) is 32.4 Å². The van der Waals surface area contributed by atoms with Gasteiger partial charge in [-0.3, -0.25) is 24.2 Å². The van der Waals surface area contributed by atoms with E-state index in [2.05, 4.69) is 22.3 Å². The Bertz CT molecular complexity index is 807. The van der Waals surface area contributed by atoms with Gasteiger partial charge >= 0.3 is 12.0 Å².